The number of hydrogen-bond donors (Lipinski definition) is 0. The Labute approximate surface area is 866 Å². The first-order valence-electron chi connectivity index (χ1n) is 46.0. The number of nitrogens with zero attached hydrogens (tertiary/aromatic N) is 1. The van der Waals surface area contributed by atoms with Crippen LogP contribution < -0.4 is 0 Å². The molecule has 19 heteroatoms. The predicted octanol–water partition coefficient (Wildman–Crippen LogP) is 40.1. The molecule has 0 spiro atoms. The molecule has 0 saturated carbocycles. The summed E-state index contributed by atoms with van der Waals surface area (Å²) < 4.78 is 184. The van der Waals surface area contributed by atoms with E-state index in [1.54, 1.807) is 69.6 Å². The molecule has 0 atom stereocenters. The van der Waals surface area contributed by atoms with Gasteiger partial charge >= 0.3 is 6.18 Å². The second-order valence-corrected chi connectivity index (χ2v) is 35.1. The maximum absolute atomic E-state index is 12.6. The van der Waals surface area contributed by atoms with Crippen molar-refractivity contribution in [3.05, 3.63) is 594 Å². The van der Waals surface area contributed by atoms with Gasteiger partial charge in [0.25, 0.3) is 0 Å². The molecule has 0 aliphatic rings. The van der Waals surface area contributed by atoms with Crippen LogP contribution in [0.5, 0.6) is 0 Å². The summed E-state index contributed by atoms with van der Waals surface area (Å²) in [5.74, 6) is -6.66. The van der Waals surface area contributed by atoms with E-state index in [9.17, 15) is 65.9 Å². The maximum atomic E-state index is 12.6. The highest BCUT2D eigenvalue weighted by molar-refractivity contribution is 6.42. The largest absolute Gasteiger partial charge is 0.416 e. The van der Waals surface area contributed by atoms with Crippen molar-refractivity contribution in [1.29, 1.82) is 0 Å². The van der Waals surface area contributed by atoms with E-state index in [1.807, 2.05) is 178 Å². The molecule has 0 amide bonds. The molecular formula is C126H133Cl3F15N. The van der Waals surface area contributed by atoms with Crippen LogP contribution in [0.2, 0.25) is 15.1 Å². The molecule has 0 N–H and O–H groups in total. The molecule has 1 aromatic heterocycles. The van der Waals surface area contributed by atoms with Crippen LogP contribution in [0.25, 0.3) is 0 Å². The Bertz CT molecular complexity index is 5870. The lowest BCUT2D eigenvalue weighted by Gasteiger charge is -2.05. The summed E-state index contributed by atoms with van der Waals surface area (Å²) in [6.45, 7) is 45.8. The Morgan fingerprint density at radius 1 is 0.172 bits per heavy atom. The monoisotopic (exact) mass is 2050 g/mol. The summed E-state index contributed by atoms with van der Waals surface area (Å²) in [7, 11) is 0. The average molecular weight is 2050 g/mol. The number of pyridine rings is 1. The zero-order valence-corrected chi connectivity index (χ0v) is 89.2. The first kappa shape index (κ1) is 129. The van der Waals surface area contributed by atoms with Gasteiger partial charge in [-0.05, 0) is 388 Å². The molecule has 145 heavy (non-hydrogen) atoms. The molecule has 0 aliphatic carbocycles. The molecule has 0 bridgehead atoms. The second-order valence-electron chi connectivity index (χ2n) is 33.8. The van der Waals surface area contributed by atoms with Gasteiger partial charge in [-0.2, -0.15) is 13.2 Å². The molecule has 16 aromatic carbocycles. The quantitative estimate of drug-likeness (QED) is 0.109. The molecule has 1 heterocycles. The highest BCUT2D eigenvalue weighted by Crippen LogP contribution is 2.30. The normalized spacial score (nSPS) is 9.59. The van der Waals surface area contributed by atoms with E-state index in [0.29, 0.717) is 32.3 Å². The van der Waals surface area contributed by atoms with Crippen molar-refractivity contribution in [3.63, 3.8) is 0 Å². The van der Waals surface area contributed by atoms with Crippen molar-refractivity contribution in [2.45, 2.75) is 172 Å². The molecule has 0 aliphatic heterocycles. The summed E-state index contributed by atoms with van der Waals surface area (Å²) in [6.07, 6.45) is -0.642. The number of halogens is 18. The van der Waals surface area contributed by atoms with Gasteiger partial charge in [0.05, 0.1) is 15.6 Å². The van der Waals surface area contributed by atoms with Gasteiger partial charge in [0.15, 0.2) is 29.1 Å². The highest BCUT2D eigenvalue weighted by Gasteiger charge is 2.30. The van der Waals surface area contributed by atoms with Crippen LogP contribution >= 0.6 is 34.8 Å². The van der Waals surface area contributed by atoms with Gasteiger partial charge in [0.2, 0.25) is 0 Å². The van der Waals surface area contributed by atoms with E-state index in [0.717, 1.165) is 97.6 Å². The molecule has 0 saturated heterocycles. The highest BCUT2D eigenvalue weighted by atomic mass is 35.5. The summed E-state index contributed by atoms with van der Waals surface area (Å²) in [4.78, 5) is 3.85. The molecule has 1 nitrogen and oxygen atoms in total. The third kappa shape index (κ3) is 61.9. The Balaban J connectivity index is 0.000000771. The van der Waals surface area contributed by atoms with Gasteiger partial charge in [-0.25, -0.2) is 52.7 Å². The standard InChI is InChI=1S/C8H7F3.4C8H9F.3C8H10.C7H6Cl2.C7H7Cl.C7H5F3.2C7H6F2.C7H7F.2C7H8.C6H7N/c1-6-3-2-4-7(5-6)8(9,10)11;1-6-3-7(2)5-8(9)4-6;1-6-3-4-8(9)5-7(6)2;1-6-3-4-8(9)7(2)5-6;1-6-3-4-7(2)8(9)5-6;1-7-3-5-8(2)6-4-7;2*1-7-5-3-4-6-8(7)2;1-5-2-3-6(8)7(9)4-5;1-6-3-2-4-7(8)5-6;1-4-2-3-5(8)7(10)6(4)9;1-5-4-6(8)2-3-7(5)9;1-5-3-2-4-6(8)7(5)9;1-6-3-2-4-7(8)5-6;2*1-7-5-3-2-4-6-7;1-6-2-4-7-5-3-6/h2-5H,1H3;4*3-5H,1-2H3;3*3-6H,1-2H3;2-4H,1H3;2-5H,1H3;2-3H,1H3;2*2-4H,1H3;2-5H,1H3;2*2-6H,1H3;2-5H,1H3. The number of aryl methyl sites for hydroxylation is 24. The summed E-state index contributed by atoms with van der Waals surface area (Å²) in [5.41, 5.74) is 23.8. The van der Waals surface area contributed by atoms with Crippen LogP contribution in [0.4, 0.5) is 65.9 Å². The fourth-order valence-electron chi connectivity index (χ4n) is 11.0. The van der Waals surface area contributed by atoms with E-state index < -0.39 is 46.6 Å². The minimum Gasteiger partial charge on any atom is -0.265 e. The van der Waals surface area contributed by atoms with E-state index in [4.69, 9.17) is 34.8 Å². The predicted molar refractivity (Wildman–Crippen MR) is 581 cm³/mol. The molecule has 768 valence electrons. The topological polar surface area (TPSA) is 12.9 Å². The van der Waals surface area contributed by atoms with Crippen LogP contribution in [-0.2, 0) is 6.18 Å². The van der Waals surface area contributed by atoms with Crippen molar-refractivity contribution in [1.82, 2.24) is 4.98 Å². The first-order chi connectivity index (χ1) is 68.2. The minimum absolute atomic E-state index is 0.110. The van der Waals surface area contributed by atoms with E-state index in [-0.39, 0.29) is 40.5 Å². The Morgan fingerprint density at radius 3 is 0.807 bits per heavy atom. The van der Waals surface area contributed by atoms with Crippen molar-refractivity contribution in [2.24, 2.45) is 0 Å². The molecule has 0 fully saturated rings. The second kappa shape index (κ2) is 71.9. The van der Waals surface area contributed by atoms with Crippen molar-refractivity contribution in [2.75, 3.05) is 0 Å². The smallest absolute Gasteiger partial charge is 0.265 e. The Kier molecular flexibility index (Phi) is 64.2. The fraction of sp³-hybridized carbons (Fsp3) is 0.198. The van der Waals surface area contributed by atoms with Gasteiger partial charge in [-0.1, -0.05) is 305 Å². The van der Waals surface area contributed by atoms with Gasteiger partial charge in [-0.15, -0.1) is 0 Å². The van der Waals surface area contributed by atoms with E-state index in [1.165, 1.54) is 149 Å². The Hall–Kier alpha value is -13.5. The third-order valence-electron chi connectivity index (χ3n) is 20.0. The molecule has 17 aromatic rings. The number of alkyl halides is 3. The molecule has 0 radical (unpaired) electrons. The zero-order chi connectivity index (χ0) is 109. The SMILES string of the molecule is Cc1cc(C)cc(F)c1.Cc1cc(F)ccc1F.Cc1ccc(C)c(F)c1.Cc1ccc(C)cc1.Cc1ccc(Cl)c(Cl)c1.Cc1ccc(F)c(C)c1.Cc1ccc(F)c(F)c1F.Cc1ccc(F)cc1C.Cc1cccc(C(F)(F)F)c1.Cc1cccc(Cl)c1.Cc1cccc(F)c1.Cc1cccc(F)c1F.Cc1ccccc1.Cc1ccccc1.Cc1ccccc1C.Cc1ccccc1C.Cc1ccncc1. The van der Waals surface area contributed by atoms with Gasteiger partial charge < -0.3 is 0 Å². The van der Waals surface area contributed by atoms with Crippen molar-refractivity contribution >= 4 is 34.8 Å². The summed E-state index contributed by atoms with van der Waals surface area (Å²) >= 11 is 17.0. The molecular weight excluding hydrogens is 1920 g/mol. The Morgan fingerprint density at radius 2 is 0.490 bits per heavy atom. The van der Waals surface area contributed by atoms with Crippen LogP contribution in [0.1, 0.15) is 139 Å². The fourth-order valence-corrected chi connectivity index (χ4v) is 11.6. The maximum Gasteiger partial charge on any atom is 0.416 e. The van der Waals surface area contributed by atoms with Gasteiger partial charge in [0.1, 0.15) is 40.7 Å². The van der Waals surface area contributed by atoms with Crippen molar-refractivity contribution in [3.8, 4) is 0 Å². The average Bonchev–Trinajstić information content (AvgIpc) is 0.858. The van der Waals surface area contributed by atoms with Crippen LogP contribution in [0, 0.1) is 236 Å². The van der Waals surface area contributed by atoms with Gasteiger partial charge in [0, 0.05) is 17.4 Å². The first-order valence-corrected chi connectivity index (χ1v) is 47.1. The lowest BCUT2D eigenvalue weighted by molar-refractivity contribution is -0.137. The van der Waals surface area contributed by atoms with Crippen molar-refractivity contribution < 1.29 is 65.9 Å². The lowest BCUT2D eigenvalue weighted by atomic mass is 10.1. The molecule has 17 rings (SSSR count). The lowest BCUT2D eigenvalue weighted by Crippen LogP contribution is -2.04. The van der Waals surface area contributed by atoms with Crippen LogP contribution in [0.15, 0.2) is 370 Å². The number of rotatable bonds is 0. The third-order valence-corrected chi connectivity index (χ3v) is 20.9. The number of benzene rings is 16. The van der Waals surface area contributed by atoms with Crippen LogP contribution in [-0.4, -0.2) is 4.98 Å². The number of hydrogen-bond acceptors (Lipinski definition) is 1. The van der Waals surface area contributed by atoms with Gasteiger partial charge in [-0.3, -0.25) is 4.98 Å². The summed E-state index contributed by atoms with van der Waals surface area (Å²) in [6, 6.07) is 104. The number of aromatic nitrogens is 1. The van der Waals surface area contributed by atoms with E-state index >= 15 is 0 Å². The van der Waals surface area contributed by atoms with E-state index in [2.05, 4.69) is 157 Å². The minimum atomic E-state index is -4.22. The van der Waals surface area contributed by atoms with Crippen LogP contribution in [0.3, 0.4) is 0 Å². The molecule has 0 unspecified atom stereocenters. The summed E-state index contributed by atoms with van der Waals surface area (Å²) in [5, 5.41) is 2.05. The zero-order valence-electron chi connectivity index (χ0n) is 87.0.